The molecule has 0 radical (unpaired) electrons. The maximum atomic E-state index is 11.3. The normalized spacial score (nSPS) is 13.8. The van der Waals surface area contributed by atoms with E-state index in [1.165, 1.54) is 0 Å². The van der Waals surface area contributed by atoms with Crippen LogP contribution >= 0.6 is 31.9 Å². The molecule has 0 spiro atoms. The van der Waals surface area contributed by atoms with Crippen molar-refractivity contribution >= 4 is 41.9 Å². The van der Waals surface area contributed by atoms with Gasteiger partial charge < -0.3 is 0 Å². The Hall–Kier alpha value is 0.0900. The molecule has 0 aliphatic carbocycles. The highest BCUT2D eigenvalue weighted by Crippen LogP contribution is 2.17. The Morgan fingerprint density at radius 1 is 1.33 bits per heavy atom. The van der Waals surface area contributed by atoms with Crippen molar-refractivity contribution in [1.29, 1.82) is 0 Å². The first kappa shape index (κ1) is 13.2. The predicted octanol–water partition coefficient (Wildman–Crippen LogP) is 2.78. The summed E-state index contributed by atoms with van der Waals surface area (Å²) in [6.07, 6.45) is 0. The van der Waals surface area contributed by atoms with E-state index in [-0.39, 0.29) is 10.7 Å². The summed E-state index contributed by atoms with van der Waals surface area (Å²) in [4.78, 5) is 0. The molecular formula is C9H11Br2NO2S. The van der Waals surface area contributed by atoms with Crippen LogP contribution in [0.5, 0.6) is 0 Å². The van der Waals surface area contributed by atoms with Gasteiger partial charge in [0.1, 0.15) is 4.66 Å². The van der Waals surface area contributed by atoms with Gasteiger partial charge in [0.25, 0.3) is 0 Å². The summed E-state index contributed by atoms with van der Waals surface area (Å²) in [5, 5.41) is 0. The summed E-state index contributed by atoms with van der Waals surface area (Å²) < 4.78 is 26.0. The smallest absolute Gasteiger partial charge is 0.212 e. The Kier molecular flexibility index (Phi) is 4.76. The summed E-state index contributed by atoms with van der Waals surface area (Å²) in [6.45, 7) is 1.81. The zero-order chi connectivity index (χ0) is 11.5. The summed E-state index contributed by atoms with van der Waals surface area (Å²) >= 11 is 6.25. The van der Waals surface area contributed by atoms with Crippen molar-refractivity contribution in [3.05, 3.63) is 34.3 Å². The van der Waals surface area contributed by atoms with Crippen molar-refractivity contribution in [3.8, 4) is 0 Å². The summed E-state index contributed by atoms with van der Waals surface area (Å²) in [5.41, 5.74) is 0.933. The van der Waals surface area contributed by atoms with Crippen LogP contribution in [-0.2, 0) is 10.0 Å². The molecule has 1 N–H and O–H groups in total. The predicted molar refractivity (Wildman–Crippen MR) is 68.4 cm³/mol. The lowest BCUT2D eigenvalue weighted by atomic mass is 10.1. The monoisotopic (exact) mass is 355 g/mol. The zero-order valence-corrected chi connectivity index (χ0v) is 12.1. The minimum atomic E-state index is -3.22. The van der Waals surface area contributed by atoms with Crippen molar-refractivity contribution in [1.82, 2.24) is 4.72 Å². The Morgan fingerprint density at radius 2 is 1.87 bits per heavy atom. The third-order valence-corrected chi connectivity index (χ3v) is 5.21. The van der Waals surface area contributed by atoms with Crippen LogP contribution in [0, 0.1) is 0 Å². The number of hydrogen-bond donors (Lipinski definition) is 1. The van der Waals surface area contributed by atoms with Crippen LogP contribution in [0.1, 0.15) is 18.5 Å². The molecule has 0 aliphatic rings. The average Bonchev–Trinajstić information content (AvgIpc) is 2.18. The molecule has 0 heterocycles. The molecule has 0 saturated heterocycles. The molecule has 15 heavy (non-hydrogen) atoms. The van der Waals surface area contributed by atoms with E-state index in [2.05, 4.69) is 36.6 Å². The van der Waals surface area contributed by atoms with Gasteiger partial charge in [0.15, 0.2) is 0 Å². The fourth-order valence-corrected chi connectivity index (χ4v) is 2.52. The topological polar surface area (TPSA) is 46.2 Å². The lowest BCUT2D eigenvalue weighted by Crippen LogP contribution is -2.27. The van der Waals surface area contributed by atoms with Gasteiger partial charge in [-0.1, -0.05) is 44.0 Å². The van der Waals surface area contributed by atoms with E-state index in [1.807, 2.05) is 31.2 Å². The summed E-state index contributed by atoms with van der Waals surface area (Å²) in [6, 6.07) is 7.31. The minimum Gasteiger partial charge on any atom is -0.212 e. The van der Waals surface area contributed by atoms with Crippen LogP contribution < -0.4 is 4.72 Å². The second kappa shape index (κ2) is 5.43. The Balaban J connectivity index is 2.78. The maximum absolute atomic E-state index is 11.3. The average molecular weight is 357 g/mol. The number of hydrogen-bond acceptors (Lipinski definition) is 2. The minimum absolute atomic E-state index is 0.0825. The first-order valence-electron chi connectivity index (χ1n) is 4.26. The van der Waals surface area contributed by atoms with E-state index >= 15 is 0 Å². The van der Waals surface area contributed by atoms with Gasteiger partial charge in [-0.25, -0.2) is 13.1 Å². The van der Waals surface area contributed by atoms with Crippen LogP contribution in [-0.4, -0.2) is 13.1 Å². The third-order valence-electron chi connectivity index (χ3n) is 1.87. The van der Waals surface area contributed by atoms with Crippen LogP contribution in [0.4, 0.5) is 0 Å². The molecule has 0 saturated carbocycles. The molecule has 1 atom stereocenters. The highest BCUT2D eigenvalue weighted by atomic mass is 79.9. The van der Waals surface area contributed by atoms with E-state index in [4.69, 9.17) is 0 Å². The zero-order valence-electron chi connectivity index (χ0n) is 8.07. The molecule has 6 heteroatoms. The van der Waals surface area contributed by atoms with Crippen LogP contribution in [0.15, 0.2) is 28.7 Å². The van der Waals surface area contributed by atoms with Gasteiger partial charge in [0.2, 0.25) is 10.0 Å². The number of alkyl halides is 1. The first-order chi connectivity index (χ1) is 6.94. The second-order valence-electron chi connectivity index (χ2n) is 3.11. The second-order valence-corrected chi connectivity index (χ2v) is 7.09. The van der Waals surface area contributed by atoms with Gasteiger partial charge in [-0.3, -0.25) is 0 Å². The molecule has 0 aromatic heterocycles. The van der Waals surface area contributed by atoms with Gasteiger partial charge in [-0.15, -0.1) is 0 Å². The first-order valence-corrected chi connectivity index (χ1v) is 7.83. The van der Waals surface area contributed by atoms with Gasteiger partial charge in [-0.2, -0.15) is 0 Å². The highest BCUT2D eigenvalue weighted by molar-refractivity contribution is 9.10. The quantitative estimate of drug-likeness (QED) is 0.843. The van der Waals surface area contributed by atoms with Gasteiger partial charge in [0.05, 0.1) is 0 Å². The van der Waals surface area contributed by atoms with Crippen LogP contribution in [0.2, 0.25) is 0 Å². The molecule has 1 aromatic rings. The largest absolute Gasteiger partial charge is 0.222 e. The van der Waals surface area contributed by atoms with E-state index in [9.17, 15) is 8.42 Å². The van der Waals surface area contributed by atoms with Crippen LogP contribution in [0.3, 0.4) is 0 Å². The molecule has 0 fully saturated rings. The molecule has 84 valence electrons. The Morgan fingerprint density at radius 3 is 2.33 bits per heavy atom. The maximum Gasteiger partial charge on any atom is 0.222 e. The van der Waals surface area contributed by atoms with Gasteiger partial charge in [-0.05, 0) is 24.6 Å². The molecule has 0 bridgehead atoms. The lowest BCUT2D eigenvalue weighted by molar-refractivity contribution is 0.572. The van der Waals surface area contributed by atoms with Crippen molar-refractivity contribution in [2.45, 2.75) is 13.0 Å². The van der Waals surface area contributed by atoms with Crippen molar-refractivity contribution in [2.24, 2.45) is 0 Å². The fraction of sp³-hybridized carbons (Fsp3) is 0.333. The van der Waals surface area contributed by atoms with E-state index < -0.39 is 10.0 Å². The third kappa shape index (κ3) is 4.22. The van der Waals surface area contributed by atoms with E-state index in [1.54, 1.807) is 0 Å². The molecule has 0 amide bonds. The number of benzene rings is 1. The fourth-order valence-electron chi connectivity index (χ4n) is 1.12. The van der Waals surface area contributed by atoms with Crippen molar-refractivity contribution in [2.75, 3.05) is 4.66 Å². The molecule has 0 unspecified atom stereocenters. The van der Waals surface area contributed by atoms with E-state index in [0.717, 1.165) is 10.0 Å². The lowest BCUT2D eigenvalue weighted by Gasteiger charge is -2.13. The summed E-state index contributed by atoms with van der Waals surface area (Å²) in [5.74, 6) is 0. The summed E-state index contributed by atoms with van der Waals surface area (Å²) in [7, 11) is -3.22. The SMILES string of the molecule is C[C@H](NS(=O)(=O)CBr)c1ccc(Br)cc1. The Bertz CT molecular complexity index is 416. The van der Waals surface area contributed by atoms with Crippen molar-refractivity contribution < 1.29 is 8.42 Å². The molecule has 0 aliphatic heterocycles. The van der Waals surface area contributed by atoms with E-state index in [0.29, 0.717) is 0 Å². The Labute approximate surface area is 107 Å². The van der Waals surface area contributed by atoms with Gasteiger partial charge >= 0.3 is 0 Å². The number of rotatable bonds is 4. The van der Waals surface area contributed by atoms with Crippen LogP contribution in [0.25, 0.3) is 0 Å². The molecule has 1 rings (SSSR count). The molecule has 1 aromatic carbocycles. The molecular weight excluding hydrogens is 346 g/mol. The van der Waals surface area contributed by atoms with Gasteiger partial charge in [0, 0.05) is 10.5 Å². The standard InChI is InChI=1S/C9H11Br2NO2S/c1-7(12-15(13,14)6-10)8-2-4-9(11)5-3-8/h2-5,7,12H,6H2,1H3/t7-/m0/s1. The van der Waals surface area contributed by atoms with Crippen molar-refractivity contribution in [3.63, 3.8) is 0 Å². The number of nitrogens with one attached hydrogen (secondary N) is 1. The number of halogens is 2. The number of sulfonamides is 1. The highest BCUT2D eigenvalue weighted by Gasteiger charge is 2.13. The molecule has 3 nitrogen and oxygen atoms in total.